The van der Waals surface area contributed by atoms with Crippen LogP contribution >= 0.6 is 11.3 Å². The summed E-state index contributed by atoms with van der Waals surface area (Å²) in [4.78, 5) is 21.5. The largest absolute Gasteiger partial charge is 0.382 e. The van der Waals surface area contributed by atoms with Gasteiger partial charge < -0.3 is 15.5 Å². The fraction of sp³-hybridized carbons (Fsp3) is 0.733. The van der Waals surface area contributed by atoms with Crippen LogP contribution in [0.1, 0.15) is 49.2 Å². The molecule has 2 N–H and O–H groups in total. The molecule has 21 heavy (non-hydrogen) atoms. The Kier molecular flexibility index (Phi) is 5.08. The van der Waals surface area contributed by atoms with Gasteiger partial charge >= 0.3 is 0 Å². The highest BCUT2D eigenvalue weighted by molar-refractivity contribution is 7.18. The van der Waals surface area contributed by atoms with Crippen molar-refractivity contribution in [1.29, 1.82) is 0 Å². The number of carbonyl (C=O) groups is 1. The number of rotatable bonds is 4. The van der Waals surface area contributed by atoms with Crippen molar-refractivity contribution in [2.45, 2.75) is 45.6 Å². The second-order valence-electron chi connectivity index (χ2n) is 6.07. The fourth-order valence-corrected chi connectivity index (χ4v) is 3.84. The van der Waals surface area contributed by atoms with E-state index in [9.17, 15) is 4.79 Å². The van der Waals surface area contributed by atoms with E-state index in [0.29, 0.717) is 22.7 Å². The minimum atomic E-state index is 0.0138. The fourth-order valence-electron chi connectivity index (χ4n) is 2.85. The Balaban J connectivity index is 2.13. The quantitative estimate of drug-likeness (QED) is 0.929. The van der Waals surface area contributed by atoms with Crippen molar-refractivity contribution in [3.05, 3.63) is 4.88 Å². The van der Waals surface area contributed by atoms with Crippen LogP contribution in [0.3, 0.4) is 0 Å². The van der Waals surface area contributed by atoms with Gasteiger partial charge in [0.05, 0.1) is 0 Å². The molecule has 0 aliphatic heterocycles. The van der Waals surface area contributed by atoms with Crippen molar-refractivity contribution in [3.8, 4) is 0 Å². The molecular formula is C15H26N4OS. The van der Waals surface area contributed by atoms with Gasteiger partial charge in [0, 0.05) is 26.7 Å². The van der Waals surface area contributed by atoms with Gasteiger partial charge in [-0.2, -0.15) is 0 Å². The number of nitrogens with two attached hydrogens (primary N) is 1. The lowest BCUT2D eigenvalue weighted by Gasteiger charge is -2.33. The van der Waals surface area contributed by atoms with E-state index in [1.165, 1.54) is 24.2 Å². The lowest BCUT2D eigenvalue weighted by Crippen LogP contribution is -2.39. The normalized spacial score (nSPS) is 22.1. The first kappa shape index (κ1) is 16.1. The van der Waals surface area contributed by atoms with Gasteiger partial charge in [0.2, 0.25) is 0 Å². The molecule has 0 spiro atoms. The van der Waals surface area contributed by atoms with Gasteiger partial charge in [-0.25, -0.2) is 4.98 Å². The van der Waals surface area contributed by atoms with Crippen LogP contribution in [0.5, 0.6) is 0 Å². The summed E-state index contributed by atoms with van der Waals surface area (Å²) >= 11 is 1.39. The molecule has 1 aliphatic rings. The van der Waals surface area contributed by atoms with Crippen LogP contribution in [0.25, 0.3) is 0 Å². The van der Waals surface area contributed by atoms with E-state index >= 15 is 0 Å². The van der Waals surface area contributed by atoms with E-state index in [0.717, 1.165) is 24.5 Å². The maximum atomic E-state index is 12.7. The van der Waals surface area contributed by atoms with Crippen molar-refractivity contribution >= 4 is 28.2 Å². The molecule has 2 rings (SSSR count). The third-order valence-corrected chi connectivity index (χ3v) is 5.59. The van der Waals surface area contributed by atoms with E-state index in [2.05, 4.69) is 18.8 Å². The standard InChI is InChI=1S/C15H26N4OS/c1-5-18(3)15-17-13(16)12(21-15)14(20)19(4)11-8-6-7-10(2)9-11/h10-11H,5-9,16H2,1-4H3. The minimum Gasteiger partial charge on any atom is -0.382 e. The van der Waals surface area contributed by atoms with Crippen LogP contribution in [0.2, 0.25) is 0 Å². The highest BCUT2D eigenvalue weighted by Crippen LogP contribution is 2.31. The number of aromatic nitrogens is 1. The number of nitrogens with zero attached hydrogens (tertiary/aromatic N) is 3. The highest BCUT2D eigenvalue weighted by atomic mass is 32.1. The Morgan fingerprint density at radius 2 is 2.14 bits per heavy atom. The van der Waals surface area contributed by atoms with E-state index in [-0.39, 0.29) is 5.91 Å². The van der Waals surface area contributed by atoms with Gasteiger partial charge in [0.1, 0.15) is 10.7 Å². The van der Waals surface area contributed by atoms with Gasteiger partial charge in [0.25, 0.3) is 5.91 Å². The summed E-state index contributed by atoms with van der Waals surface area (Å²) < 4.78 is 0. The lowest BCUT2D eigenvalue weighted by molar-refractivity contribution is 0.0678. The molecule has 1 aliphatic carbocycles. The molecule has 1 fully saturated rings. The summed E-state index contributed by atoms with van der Waals surface area (Å²) in [6.45, 7) is 5.16. The summed E-state index contributed by atoms with van der Waals surface area (Å²) in [5.41, 5.74) is 5.95. The monoisotopic (exact) mass is 310 g/mol. The van der Waals surface area contributed by atoms with Crippen LogP contribution in [0.15, 0.2) is 0 Å². The molecule has 5 nitrogen and oxygen atoms in total. The first-order valence-corrected chi connectivity index (χ1v) is 8.50. The minimum absolute atomic E-state index is 0.0138. The zero-order valence-electron chi connectivity index (χ0n) is 13.4. The Morgan fingerprint density at radius 3 is 2.76 bits per heavy atom. The van der Waals surface area contributed by atoms with Gasteiger partial charge in [-0.3, -0.25) is 4.79 Å². The molecule has 1 heterocycles. The summed E-state index contributed by atoms with van der Waals surface area (Å²) in [5.74, 6) is 1.07. The van der Waals surface area contributed by atoms with Crippen LogP contribution in [0, 0.1) is 5.92 Å². The van der Waals surface area contributed by atoms with Crippen molar-refractivity contribution in [3.63, 3.8) is 0 Å². The van der Waals surface area contributed by atoms with Crippen molar-refractivity contribution < 1.29 is 4.79 Å². The van der Waals surface area contributed by atoms with Crippen molar-refractivity contribution in [1.82, 2.24) is 9.88 Å². The van der Waals surface area contributed by atoms with Crippen molar-refractivity contribution in [2.75, 3.05) is 31.3 Å². The average molecular weight is 310 g/mol. The molecule has 6 heteroatoms. The van der Waals surface area contributed by atoms with Gasteiger partial charge in [-0.1, -0.05) is 31.1 Å². The van der Waals surface area contributed by atoms with Crippen LogP contribution in [-0.4, -0.2) is 42.5 Å². The number of hydrogen-bond donors (Lipinski definition) is 1. The predicted molar refractivity (Wildman–Crippen MR) is 89.0 cm³/mol. The molecule has 1 aromatic heterocycles. The molecule has 1 amide bonds. The SMILES string of the molecule is CCN(C)c1nc(N)c(C(=O)N(C)C2CCCC(C)C2)s1. The molecule has 2 unspecified atom stereocenters. The van der Waals surface area contributed by atoms with E-state index in [1.54, 1.807) is 0 Å². The number of carbonyl (C=O) groups excluding carboxylic acids is 1. The molecule has 1 aromatic rings. The van der Waals surface area contributed by atoms with E-state index in [4.69, 9.17) is 5.73 Å². The molecule has 0 aromatic carbocycles. The molecule has 1 saturated carbocycles. The Bertz CT molecular complexity index is 502. The first-order chi connectivity index (χ1) is 9.93. The topological polar surface area (TPSA) is 62.5 Å². The van der Waals surface area contributed by atoms with Crippen LogP contribution in [-0.2, 0) is 0 Å². The predicted octanol–water partition coefficient (Wildman–Crippen LogP) is 2.83. The highest BCUT2D eigenvalue weighted by Gasteiger charge is 2.28. The molecule has 0 radical (unpaired) electrons. The third-order valence-electron chi connectivity index (χ3n) is 4.41. The average Bonchev–Trinajstić information content (AvgIpc) is 2.86. The van der Waals surface area contributed by atoms with Crippen LogP contribution in [0.4, 0.5) is 10.9 Å². The number of amides is 1. The number of hydrogen-bond acceptors (Lipinski definition) is 5. The van der Waals surface area contributed by atoms with Gasteiger partial charge in [-0.05, 0) is 25.7 Å². The maximum absolute atomic E-state index is 12.7. The lowest BCUT2D eigenvalue weighted by atomic mass is 9.86. The zero-order valence-corrected chi connectivity index (χ0v) is 14.2. The summed E-state index contributed by atoms with van der Waals surface area (Å²) in [5, 5.41) is 0.809. The number of anilines is 2. The number of nitrogen functional groups attached to an aromatic ring is 1. The molecule has 118 valence electrons. The Labute approximate surface area is 131 Å². The summed E-state index contributed by atoms with van der Waals surface area (Å²) in [7, 11) is 3.85. The van der Waals surface area contributed by atoms with E-state index in [1.807, 2.05) is 23.9 Å². The summed E-state index contributed by atoms with van der Waals surface area (Å²) in [6.07, 6.45) is 4.65. The molecular weight excluding hydrogens is 284 g/mol. The van der Waals surface area contributed by atoms with Crippen molar-refractivity contribution in [2.24, 2.45) is 5.92 Å². The molecule has 0 saturated heterocycles. The zero-order chi connectivity index (χ0) is 15.6. The second-order valence-corrected chi connectivity index (χ2v) is 7.04. The smallest absolute Gasteiger partial charge is 0.267 e. The van der Waals surface area contributed by atoms with Gasteiger partial charge in [-0.15, -0.1) is 0 Å². The first-order valence-electron chi connectivity index (χ1n) is 7.68. The summed E-state index contributed by atoms with van der Waals surface area (Å²) in [6, 6.07) is 0.329. The van der Waals surface area contributed by atoms with Gasteiger partial charge in [0.15, 0.2) is 5.13 Å². The molecule has 0 bridgehead atoms. The Morgan fingerprint density at radius 1 is 1.43 bits per heavy atom. The third kappa shape index (κ3) is 3.48. The number of thiazole rings is 1. The van der Waals surface area contributed by atoms with E-state index < -0.39 is 0 Å². The maximum Gasteiger partial charge on any atom is 0.267 e. The molecule has 2 atom stereocenters. The second kappa shape index (κ2) is 6.64. The van der Waals surface area contributed by atoms with Crippen LogP contribution < -0.4 is 10.6 Å². The Hall–Kier alpha value is -1.30.